The van der Waals surface area contributed by atoms with Crippen LogP contribution >= 0.6 is 0 Å². The third-order valence-corrected chi connectivity index (χ3v) is 2.67. The van der Waals surface area contributed by atoms with Crippen molar-refractivity contribution in [1.82, 2.24) is 0 Å². The number of carbonyl (C=O) groups excluding carboxylic acids is 1. The third kappa shape index (κ3) is 4.36. The number of aromatic hydroxyl groups is 2. The minimum Gasteiger partial charge on any atom is -0.508 e. The van der Waals surface area contributed by atoms with Crippen LogP contribution in [0, 0.1) is 0 Å². The Labute approximate surface area is 121 Å². The summed E-state index contributed by atoms with van der Waals surface area (Å²) in [4.78, 5) is 11.1. The first-order valence-electron chi connectivity index (χ1n) is 6.29. The number of nitrogens with two attached hydrogens (primary N) is 1. The maximum Gasteiger partial charge on any atom is 0.325 e. The number of hydrogen-bond acceptors (Lipinski definition) is 5. The Morgan fingerprint density at radius 3 is 2.33 bits per heavy atom. The van der Waals surface area contributed by atoms with E-state index in [0.29, 0.717) is 5.56 Å². The Bertz CT molecular complexity index is 662. The molecule has 0 unspecified atom stereocenters. The van der Waals surface area contributed by atoms with Crippen LogP contribution in [0.5, 0.6) is 17.2 Å². The molecule has 0 bridgehead atoms. The van der Waals surface area contributed by atoms with Crippen LogP contribution in [0.4, 0.5) is 0 Å². The molecule has 108 valence electrons. The molecular formula is C16H15NO4. The standard InChI is InChI=1S/C16H15NO4/c17-10-16(20)21-15-8-12(7-14(19)9-15)2-1-11-3-5-13(18)6-4-11/h1-9,18-19H,10,17H2. The van der Waals surface area contributed by atoms with Crippen molar-refractivity contribution in [3.05, 3.63) is 53.6 Å². The molecule has 0 aliphatic heterocycles. The molecule has 21 heavy (non-hydrogen) atoms. The highest BCUT2D eigenvalue weighted by Gasteiger charge is 2.04. The molecule has 2 aromatic rings. The molecule has 2 aromatic carbocycles. The number of rotatable bonds is 4. The first-order chi connectivity index (χ1) is 10.1. The molecule has 0 amide bonds. The summed E-state index contributed by atoms with van der Waals surface area (Å²) in [6.45, 7) is -0.228. The van der Waals surface area contributed by atoms with Gasteiger partial charge in [0.2, 0.25) is 0 Å². The molecule has 5 heteroatoms. The molecule has 0 aliphatic carbocycles. The van der Waals surface area contributed by atoms with Gasteiger partial charge in [0.05, 0.1) is 6.54 Å². The van der Waals surface area contributed by atoms with Gasteiger partial charge >= 0.3 is 5.97 Å². The van der Waals surface area contributed by atoms with Crippen molar-refractivity contribution in [2.45, 2.75) is 0 Å². The monoisotopic (exact) mass is 285 g/mol. The van der Waals surface area contributed by atoms with Crippen LogP contribution in [-0.4, -0.2) is 22.7 Å². The summed E-state index contributed by atoms with van der Waals surface area (Å²) in [6.07, 6.45) is 3.56. The number of carbonyl (C=O) groups is 1. The number of hydrogen-bond donors (Lipinski definition) is 3. The van der Waals surface area contributed by atoms with Crippen molar-refractivity contribution in [3.63, 3.8) is 0 Å². The van der Waals surface area contributed by atoms with Gasteiger partial charge in [0.15, 0.2) is 0 Å². The average Bonchev–Trinajstić information content (AvgIpc) is 2.46. The summed E-state index contributed by atoms with van der Waals surface area (Å²) in [6, 6.07) is 11.2. The largest absolute Gasteiger partial charge is 0.508 e. The van der Waals surface area contributed by atoms with Gasteiger partial charge in [0.1, 0.15) is 17.2 Å². The second-order valence-corrected chi connectivity index (χ2v) is 4.36. The lowest BCUT2D eigenvalue weighted by Crippen LogP contribution is -2.19. The fraction of sp³-hybridized carbons (Fsp3) is 0.0625. The van der Waals surface area contributed by atoms with Crippen molar-refractivity contribution in [1.29, 1.82) is 0 Å². The number of esters is 1. The minimum atomic E-state index is -0.575. The van der Waals surface area contributed by atoms with E-state index in [1.165, 1.54) is 12.1 Å². The number of benzene rings is 2. The summed E-state index contributed by atoms with van der Waals surface area (Å²) in [7, 11) is 0. The van der Waals surface area contributed by atoms with Gasteiger partial charge in [-0.1, -0.05) is 24.3 Å². The number of phenols is 2. The Morgan fingerprint density at radius 1 is 1.00 bits per heavy atom. The molecule has 0 atom stereocenters. The highest BCUT2D eigenvalue weighted by atomic mass is 16.5. The van der Waals surface area contributed by atoms with Crippen molar-refractivity contribution >= 4 is 18.1 Å². The molecule has 4 N–H and O–H groups in total. The van der Waals surface area contributed by atoms with Crippen molar-refractivity contribution < 1.29 is 19.7 Å². The molecule has 0 saturated carbocycles. The molecule has 0 spiro atoms. The van der Waals surface area contributed by atoms with Gasteiger partial charge in [0, 0.05) is 6.07 Å². The molecule has 0 saturated heterocycles. The molecule has 0 aromatic heterocycles. The number of phenolic OH excluding ortho intramolecular Hbond substituents is 2. The topological polar surface area (TPSA) is 92.8 Å². The third-order valence-electron chi connectivity index (χ3n) is 2.67. The normalized spacial score (nSPS) is 10.7. The second kappa shape index (κ2) is 6.58. The van der Waals surface area contributed by atoms with Gasteiger partial charge in [-0.3, -0.25) is 4.79 Å². The van der Waals surface area contributed by atoms with Crippen LogP contribution in [0.1, 0.15) is 11.1 Å². The molecule has 0 heterocycles. The Balaban J connectivity index is 2.19. The van der Waals surface area contributed by atoms with Crippen LogP contribution in [0.2, 0.25) is 0 Å². The van der Waals surface area contributed by atoms with E-state index >= 15 is 0 Å². The van der Waals surface area contributed by atoms with Crippen molar-refractivity contribution in [3.8, 4) is 17.2 Å². The van der Waals surface area contributed by atoms with Crippen LogP contribution in [-0.2, 0) is 4.79 Å². The second-order valence-electron chi connectivity index (χ2n) is 4.36. The van der Waals surface area contributed by atoms with Gasteiger partial charge in [-0.15, -0.1) is 0 Å². The summed E-state index contributed by atoms with van der Waals surface area (Å²) in [5.41, 5.74) is 6.73. The van der Waals surface area contributed by atoms with E-state index in [2.05, 4.69) is 0 Å². The van der Waals surface area contributed by atoms with Crippen molar-refractivity contribution in [2.24, 2.45) is 5.73 Å². The molecular weight excluding hydrogens is 270 g/mol. The molecule has 2 rings (SSSR count). The van der Waals surface area contributed by atoms with Crippen molar-refractivity contribution in [2.75, 3.05) is 6.54 Å². The van der Waals surface area contributed by atoms with E-state index in [-0.39, 0.29) is 23.8 Å². The van der Waals surface area contributed by atoms with E-state index in [0.717, 1.165) is 5.56 Å². The summed E-state index contributed by atoms with van der Waals surface area (Å²) < 4.78 is 4.96. The SMILES string of the molecule is NCC(=O)Oc1cc(O)cc(C=Cc2ccc(O)cc2)c1. The van der Waals surface area contributed by atoms with Crippen LogP contribution in [0.25, 0.3) is 12.2 Å². The molecule has 5 nitrogen and oxygen atoms in total. The average molecular weight is 285 g/mol. The smallest absolute Gasteiger partial charge is 0.325 e. The lowest BCUT2D eigenvalue weighted by Gasteiger charge is -2.05. The minimum absolute atomic E-state index is 0.0114. The number of ether oxygens (including phenoxy) is 1. The molecule has 0 fully saturated rings. The van der Waals surface area contributed by atoms with Gasteiger partial charge < -0.3 is 20.7 Å². The zero-order chi connectivity index (χ0) is 15.2. The lowest BCUT2D eigenvalue weighted by molar-refractivity contribution is -0.132. The van der Waals surface area contributed by atoms with Gasteiger partial charge in [0.25, 0.3) is 0 Å². The summed E-state index contributed by atoms with van der Waals surface area (Å²) in [5.74, 6) is -0.159. The zero-order valence-corrected chi connectivity index (χ0v) is 11.2. The quantitative estimate of drug-likeness (QED) is 0.454. The van der Waals surface area contributed by atoms with E-state index in [4.69, 9.17) is 10.5 Å². The van der Waals surface area contributed by atoms with E-state index in [1.54, 1.807) is 36.4 Å². The predicted molar refractivity (Wildman–Crippen MR) is 79.8 cm³/mol. The predicted octanol–water partition coefficient (Wildman–Crippen LogP) is 2.13. The highest BCUT2D eigenvalue weighted by molar-refractivity contribution is 5.75. The van der Waals surface area contributed by atoms with E-state index in [1.807, 2.05) is 6.08 Å². The van der Waals surface area contributed by atoms with Crippen LogP contribution in [0.3, 0.4) is 0 Å². The fourth-order valence-corrected chi connectivity index (χ4v) is 1.71. The Kier molecular flexibility index (Phi) is 4.58. The lowest BCUT2D eigenvalue weighted by atomic mass is 10.1. The summed E-state index contributed by atoms with van der Waals surface area (Å²) >= 11 is 0. The first-order valence-corrected chi connectivity index (χ1v) is 6.29. The first kappa shape index (κ1) is 14.6. The highest BCUT2D eigenvalue weighted by Crippen LogP contribution is 2.23. The van der Waals surface area contributed by atoms with Crippen LogP contribution < -0.4 is 10.5 Å². The van der Waals surface area contributed by atoms with E-state index < -0.39 is 5.97 Å². The Morgan fingerprint density at radius 2 is 1.67 bits per heavy atom. The van der Waals surface area contributed by atoms with Gasteiger partial charge in [-0.05, 0) is 35.4 Å². The van der Waals surface area contributed by atoms with Crippen LogP contribution in [0.15, 0.2) is 42.5 Å². The maximum atomic E-state index is 11.1. The summed E-state index contributed by atoms with van der Waals surface area (Å²) in [5, 5.41) is 18.8. The molecule has 0 radical (unpaired) electrons. The van der Waals surface area contributed by atoms with Gasteiger partial charge in [-0.2, -0.15) is 0 Å². The fourth-order valence-electron chi connectivity index (χ4n) is 1.71. The Hall–Kier alpha value is -2.79. The van der Waals surface area contributed by atoms with Gasteiger partial charge in [-0.25, -0.2) is 0 Å². The zero-order valence-electron chi connectivity index (χ0n) is 11.2. The maximum absolute atomic E-state index is 11.1. The molecule has 0 aliphatic rings. The van der Waals surface area contributed by atoms with E-state index in [9.17, 15) is 15.0 Å².